The third kappa shape index (κ3) is 4.36. The van der Waals surface area contributed by atoms with Crippen molar-refractivity contribution in [3.05, 3.63) is 29.8 Å². The largest absolute Gasteiger partial charge is 0.494 e. The quantitative estimate of drug-likeness (QED) is 0.716. The van der Waals surface area contributed by atoms with Gasteiger partial charge in [0.25, 0.3) is 0 Å². The maximum Gasteiger partial charge on any atom is 0.119 e. The van der Waals surface area contributed by atoms with Crippen LogP contribution in [-0.4, -0.2) is 18.3 Å². The van der Waals surface area contributed by atoms with Crippen molar-refractivity contribution < 1.29 is 9.84 Å². The van der Waals surface area contributed by atoms with E-state index in [0.717, 1.165) is 30.8 Å². The molecule has 0 fully saturated rings. The summed E-state index contributed by atoms with van der Waals surface area (Å²) in [6.45, 7) is 5.31. The first kappa shape index (κ1) is 14.0. The summed E-state index contributed by atoms with van der Waals surface area (Å²) in [5.74, 6) is 0.927. The summed E-state index contributed by atoms with van der Waals surface area (Å²) in [4.78, 5) is 0. The lowest BCUT2D eigenvalue weighted by Crippen LogP contribution is -2.18. The molecule has 2 atom stereocenters. The van der Waals surface area contributed by atoms with Crippen LogP contribution in [-0.2, 0) is 0 Å². The fraction of sp³-hybridized carbons (Fsp3) is 0.571. The zero-order valence-electron chi connectivity index (χ0n) is 10.7. The SMILES string of the molecule is CCCCOc1ccc(C(O)C(C)CN)cc1. The van der Waals surface area contributed by atoms with Crippen LogP contribution in [0.25, 0.3) is 0 Å². The Morgan fingerprint density at radius 2 is 1.94 bits per heavy atom. The fourth-order valence-corrected chi connectivity index (χ4v) is 1.55. The van der Waals surface area contributed by atoms with Crippen LogP contribution in [0.1, 0.15) is 38.4 Å². The monoisotopic (exact) mass is 237 g/mol. The number of hydrogen-bond donors (Lipinski definition) is 2. The molecule has 0 aliphatic carbocycles. The molecule has 0 bridgehead atoms. The van der Waals surface area contributed by atoms with Crippen molar-refractivity contribution in [2.24, 2.45) is 11.7 Å². The zero-order chi connectivity index (χ0) is 12.7. The predicted octanol–water partition coefficient (Wildman–Crippen LogP) is 2.49. The van der Waals surface area contributed by atoms with E-state index in [1.54, 1.807) is 0 Å². The van der Waals surface area contributed by atoms with Crippen LogP contribution in [0.5, 0.6) is 5.75 Å². The van der Waals surface area contributed by atoms with E-state index in [2.05, 4.69) is 6.92 Å². The molecule has 3 N–H and O–H groups in total. The molecule has 0 radical (unpaired) electrons. The number of rotatable bonds is 7. The first-order valence-electron chi connectivity index (χ1n) is 6.30. The second-order valence-electron chi connectivity index (χ2n) is 4.43. The second-order valence-corrected chi connectivity index (χ2v) is 4.43. The standard InChI is InChI=1S/C14H23NO2/c1-3-4-9-17-13-7-5-12(6-8-13)14(16)11(2)10-15/h5-8,11,14,16H,3-4,9-10,15H2,1-2H3. The van der Waals surface area contributed by atoms with Gasteiger partial charge < -0.3 is 15.6 Å². The van der Waals surface area contributed by atoms with E-state index in [1.165, 1.54) is 0 Å². The summed E-state index contributed by atoms with van der Waals surface area (Å²) in [6.07, 6.45) is 1.70. The molecule has 1 aromatic carbocycles. The highest BCUT2D eigenvalue weighted by Crippen LogP contribution is 2.23. The predicted molar refractivity (Wildman–Crippen MR) is 70.0 cm³/mol. The molecule has 96 valence electrons. The Morgan fingerprint density at radius 1 is 1.29 bits per heavy atom. The van der Waals surface area contributed by atoms with Gasteiger partial charge in [-0.3, -0.25) is 0 Å². The molecule has 1 rings (SSSR count). The van der Waals surface area contributed by atoms with Crippen LogP contribution >= 0.6 is 0 Å². The Hall–Kier alpha value is -1.06. The minimum Gasteiger partial charge on any atom is -0.494 e. The molecule has 17 heavy (non-hydrogen) atoms. The number of ether oxygens (including phenoxy) is 1. The lowest BCUT2D eigenvalue weighted by atomic mass is 9.98. The van der Waals surface area contributed by atoms with E-state index < -0.39 is 6.10 Å². The minimum absolute atomic E-state index is 0.0712. The molecule has 2 unspecified atom stereocenters. The highest BCUT2D eigenvalue weighted by Gasteiger charge is 2.14. The Bertz CT molecular complexity index is 311. The molecular weight excluding hydrogens is 214 g/mol. The van der Waals surface area contributed by atoms with Gasteiger partial charge in [0.15, 0.2) is 0 Å². The molecule has 0 saturated carbocycles. The fourth-order valence-electron chi connectivity index (χ4n) is 1.55. The Labute approximate surface area is 104 Å². The van der Waals surface area contributed by atoms with Gasteiger partial charge >= 0.3 is 0 Å². The maximum atomic E-state index is 9.97. The van der Waals surface area contributed by atoms with E-state index in [4.69, 9.17) is 10.5 Å². The topological polar surface area (TPSA) is 55.5 Å². The van der Waals surface area contributed by atoms with Gasteiger partial charge in [-0.05, 0) is 36.6 Å². The Balaban J connectivity index is 2.55. The van der Waals surface area contributed by atoms with Crippen molar-refractivity contribution in [2.75, 3.05) is 13.2 Å². The maximum absolute atomic E-state index is 9.97. The zero-order valence-corrected chi connectivity index (χ0v) is 10.7. The minimum atomic E-state index is -0.496. The molecule has 1 aromatic rings. The molecule has 0 heterocycles. The van der Waals surface area contributed by atoms with Gasteiger partial charge in [-0.1, -0.05) is 32.4 Å². The van der Waals surface area contributed by atoms with Crippen LogP contribution in [0.15, 0.2) is 24.3 Å². The number of nitrogens with two attached hydrogens (primary N) is 1. The molecule has 3 heteroatoms. The average molecular weight is 237 g/mol. The average Bonchev–Trinajstić information content (AvgIpc) is 2.38. The third-order valence-electron chi connectivity index (χ3n) is 2.90. The van der Waals surface area contributed by atoms with Crippen molar-refractivity contribution in [1.29, 1.82) is 0 Å². The molecule has 0 saturated heterocycles. The van der Waals surface area contributed by atoms with Gasteiger partial charge in [0, 0.05) is 0 Å². The van der Waals surface area contributed by atoms with Crippen LogP contribution < -0.4 is 10.5 Å². The Morgan fingerprint density at radius 3 is 2.47 bits per heavy atom. The van der Waals surface area contributed by atoms with Crippen molar-refractivity contribution >= 4 is 0 Å². The summed E-state index contributed by atoms with van der Waals surface area (Å²) in [7, 11) is 0. The van der Waals surface area contributed by atoms with Crippen molar-refractivity contribution in [1.82, 2.24) is 0 Å². The van der Waals surface area contributed by atoms with Gasteiger partial charge in [0.05, 0.1) is 12.7 Å². The van der Waals surface area contributed by atoms with Crippen molar-refractivity contribution in [2.45, 2.75) is 32.8 Å². The molecule has 0 aliphatic rings. The Kier molecular flexibility index (Phi) is 6.01. The molecule has 0 spiro atoms. The number of unbranched alkanes of at least 4 members (excludes halogenated alkanes) is 1. The summed E-state index contributed by atoms with van der Waals surface area (Å²) in [5.41, 5.74) is 6.43. The van der Waals surface area contributed by atoms with E-state index in [9.17, 15) is 5.11 Å². The molecule has 0 amide bonds. The first-order chi connectivity index (χ1) is 8.19. The summed E-state index contributed by atoms with van der Waals surface area (Å²) in [6, 6.07) is 7.60. The highest BCUT2D eigenvalue weighted by atomic mass is 16.5. The summed E-state index contributed by atoms with van der Waals surface area (Å²) in [5, 5.41) is 9.97. The summed E-state index contributed by atoms with van der Waals surface area (Å²) < 4.78 is 5.56. The van der Waals surface area contributed by atoms with Crippen LogP contribution in [0.3, 0.4) is 0 Å². The third-order valence-corrected chi connectivity index (χ3v) is 2.90. The van der Waals surface area contributed by atoms with Crippen molar-refractivity contribution in [3.8, 4) is 5.75 Å². The molecular formula is C14H23NO2. The normalized spacial score (nSPS) is 14.4. The van der Waals surface area contributed by atoms with Crippen LogP contribution in [0.2, 0.25) is 0 Å². The van der Waals surface area contributed by atoms with E-state index in [1.807, 2.05) is 31.2 Å². The van der Waals surface area contributed by atoms with Crippen LogP contribution in [0.4, 0.5) is 0 Å². The van der Waals surface area contributed by atoms with E-state index in [0.29, 0.717) is 6.54 Å². The molecule has 0 aromatic heterocycles. The smallest absolute Gasteiger partial charge is 0.119 e. The van der Waals surface area contributed by atoms with Gasteiger partial charge in [-0.2, -0.15) is 0 Å². The van der Waals surface area contributed by atoms with Gasteiger partial charge in [0.1, 0.15) is 5.75 Å². The van der Waals surface area contributed by atoms with E-state index >= 15 is 0 Å². The van der Waals surface area contributed by atoms with Crippen molar-refractivity contribution in [3.63, 3.8) is 0 Å². The number of benzene rings is 1. The molecule has 3 nitrogen and oxygen atoms in total. The number of aliphatic hydroxyl groups is 1. The first-order valence-corrected chi connectivity index (χ1v) is 6.30. The van der Waals surface area contributed by atoms with Gasteiger partial charge in [-0.25, -0.2) is 0 Å². The molecule has 0 aliphatic heterocycles. The van der Waals surface area contributed by atoms with E-state index in [-0.39, 0.29) is 5.92 Å². The highest BCUT2D eigenvalue weighted by molar-refractivity contribution is 5.28. The summed E-state index contributed by atoms with van der Waals surface area (Å²) >= 11 is 0. The number of aliphatic hydroxyl groups excluding tert-OH is 1. The van der Waals surface area contributed by atoms with Crippen LogP contribution in [0, 0.1) is 5.92 Å². The lowest BCUT2D eigenvalue weighted by Gasteiger charge is -2.17. The second kappa shape index (κ2) is 7.30. The van der Waals surface area contributed by atoms with Gasteiger partial charge in [-0.15, -0.1) is 0 Å². The van der Waals surface area contributed by atoms with Gasteiger partial charge in [0.2, 0.25) is 0 Å². The lowest BCUT2D eigenvalue weighted by molar-refractivity contribution is 0.121. The number of hydrogen-bond acceptors (Lipinski definition) is 3.